The Kier molecular flexibility index (Phi) is 9.95. The summed E-state index contributed by atoms with van der Waals surface area (Å²) in [4.78, 5) is 28.2. The van der Waals surface area contributed by atoms with Gasteiger partial charge in [-0.2, -0.15) is 0 Å². The molecule has 0 saturated heterocycles. The molecular formula is C29H35N3O6S. The van der Waals surface area contributed by atoms with Gasteiger partial charge < -0.3 is 19.7 Å². The first-order chi connectivity index (χ1) is 18.6. The summed E-state index contributed by atoms with van der Waals surface area (Å²) in [5, 5.41) is 2.84. The average Bonchev–Trinajstić information content (AvgIpc) is 2.94. The van der Waals surface area contributed by atoms with Crippen molar-refractivity contribution in [2.75, 3.05) is 25.1 Å². The molecule has 3 aromatic carbocycles. The monoisotopic (exact) mass is 553 g/mol. The van der Waals surface area contributed by atoms with Crippen molar-refractivity contribution in [2.45, 2.75) is 44.3 Å². The van der Waals surface area contributed by atoms with E-state index in [4.69, 9.17) is 9.47 Å². The molecule has 0 heterocycles. The van der Waals surface area contributed by atoms with E-state index in [-0.39, 0.29) is 23.4 Å². The van der Waals surface area contributed by atoms with Crippen molar-refractivity contribution in [3.63, 3.8) is 0 Å². The number of amides is 2. The molecule has 0 bridgehead atoms. The maximum atomic E-state index is 13.9. The lowest BCUT2D eigenvalue weighted by Gasteiger charge is -2.32. The summed E-state index contributed by atoms with van der Waals surface area (Å²) in [5.74, 6) is 0.230. The number of carbonyl (C=O) groups is 2. The van der Waals surface area contributed by atoms with Crippen molar-refractivity contribution in [2.24, 2.45) is 0 Å². The molecule has 2 amide bonds. The molecule has 0 fully saturated rings. The van der Waals surface area contributed by atoms with Gasteiger partial charge in [-0.3, -0.25) is 13.9 Å². The first-order valence-electron chi connectivity index (χ1n) is 12.5. The standard InChI is InChI=1S/C29H35N3O6S/c1-21(2)30-29(34)22(3)31(19-23-10-9-13-26(18-23)38-5)28(33)20-32(24-11-7-6-8-12-24)39(35,36)27-16-14-25(37-4)15-17-27/h6-18,21-22H,19-20H2,1-5H3,(H,30,34). The fourth-order valence-corrected chi connectivity index (χ4v) is 5.37. The normalized spacial score (nSPS) is 11.9. The minimum atomic E-state index is -4.15. The van der Waals surface area contributed by atoms with Crippen LogP contribution in [0.25, 0.3) is 0 Å². The Labute approximate surface area is 230 Å². The fourth-order valence-electron chi connectivity index (χ4n) is 3.95. The maximum absolute atomic E-state index is 13.9. The zero-order chi connectivity index (χ0) is 28.6. The van der Waals surface area contributed by atoms with Crippen molar-refractivity contribution in [1.29, 1.82) is 0 Å². The number of para-hydroxylation sites is 1. The molecule has 1 atom stereocenters. The van der Waals surface area contributed by atoms with Gasteiger partial charge in [-0.15, -0.1) is 0 Å². The number of rotatable bonds is 12. The first kappa shape index (κ1) is 29.5. The number of nitrogens with one attached hydrogen (secondary N) is 1. The number of hydrogen-bond donors (Lipinski definition) is 1. The summed E-state index contributed by atoms with van der Waals surface area (Å²) in [5.41, 5.74) is 1.05. The highest BCUT2D eigenvalue weighted by atomic mass is 32.2. The zero-order valence-electron chi connectivity index (χ0n) is 22.8. The van der Waals surface area contributed by atoms with Gasteiger partial charge in [-0.25, -0.2) is 8.42 Å². The molecule has 208 valence electrons. The van der Waals surface area contributed by atoms with E-state index in [1.165, 1.54) is 24.1 Å². The molecule has 39 heavy (non-hydrogen) atoms. The van der Waals surface area contributed by atoms with Gasteiger partial charge in [0.25, 0.3) is 10.0 Å². The van der Waals surface area contributed by atoms with E-state index in [1.807, 2.05) is 19.9 Å². The van der Waals surface area contributed by atoms with Crippen molar-refractivity contribution < 1.29 is 27.5 Å². The molecule has 0 saturated carbocycles. The van der Waals surface area contributed by atoms with Crippen LogP contribution in [0.2, 0.25) is 0 Å². The third-order valence-corrected chi connectivity index (χ3v) is 7.84. The predicted molar refractivity (Wildman–Crippen MR) is 150 cm³/mol. The molecule has 0 aromatic heterocycles. The Balaban J connectivity index is 2.01. The topological polar surface area (TPSA) is 105 Å². The van der Waals surface area contributed by atoms with Crippen LogP contribution in [-0.2, 0) is 26.2 Å². The second kappa shape index (κ2) is 13.1. The van der Waals surface area contributed by atoms with Crippen LogP contribution >= 0.6 is 0 Å². The SMILES string of the molecule is COc1ccc(S(=O)(=O)N(CC(=O)N(Cc2cccc(OC)c2)C(C)C(=O)NC(C)C)c2ccccc2)cc1. The molecule has 0 aliphatic carbocycles. The van der Waals surface area contributed by atoms with E-state index in [0.717, 1.165) is 9.87 Å². The highest BCUT2D eigenvalue weighted by molar-refractivity contribution is 7.92. The number of sulfonamides is 1. The average molecular weight is 554 g/mol. The van der Waals surface area contributed by atoms with Gasteiger partial charge in [0, 0.05) is 12.6 Å². The summed E-state index contributed by atoms with van der Waals surface area (Å²) in [7, 11) is -1.11. The lowest BCUT2D eigenvalue weighted by molar-refractivity contribution is -0.139. The number of nitrogens with zero attached hydrogens (tertiary/aromatic N) is 2. The number of hydrogen-bond acceptors (Lipinski definition) is 6. The van der Waals surface area contributed by atoms with Gasteiger partial charge in [0.05, 0.1) is 24.8 Å². The Morgan fingerprint density at radius 3 is 2.08 bits per heavy atom. The van der Waals surface area contributed by atoms with Gasteiger partial charge in [0.2, 0.25) is 11.8 Å². The smallest absolute Gasteiger partial charge is 0.264 e. The van der Waals surface area contributed by atoms with Crippen molar-refractivity contribution in [1.82, 2.24) is 10.2 Å². The zero-order valence-corrected chi connectivity index (χ0v) is 23.6. The Morgan fingerprint density at radius 2 is 1.49 bits per heavy atom. The van der Waals surface area contributed by atoms with Gasteiger partial charge >= 0.3 is 0 Å². The number of ether oxygens (including phenoxy) is 2. The molecule has 1 N–H and O–H groups in total. The van der Waals surface area contributed by atoms with Crippen LogP contribution in [0.5, 0.6) is 11.5 Å². The summed E-state index contributed by atoms with van der Waals surface area (Å²) in [6, 6.07) is 20.5. The summed E-state index contributed by atoms with van der Waals surface area (Å²) in [6.07, 6.45) is 0. The molecule has 3 aromatic rings. The molecule has 1 unspecified atom stereocenters. The van der Waals surface area contributed by atoms with E-state index < -0.39 is 28.5 Å². The third-order valence-electron chi connectivity index (χ3n) is 6.06. The van der Waals surface area contributed by atoms with E-state index >= 15 is 0 Å². The molecule has 0 aliphatic heterocycles. The second-order valence-corrected chi connectivity index (χ2v) is 11.1. The highest BCUT2D eigenvalue weighted by Gasteiger charge is 2.32. The van der Waals surface area contributed by atoms with Gasteiger partial charge in [0.15, 0.2) is 0 Å². The molecule has 9 nitrogen and oxygen atoms in total. The molecule has 0 spiro atoms. The van der Waals surface area contributed by atoms with Crippen molar-refractivity contribution in [3.05, 3.63) is 84.4 Å². The largest absolute Gasteiger partial charge is 0.497 e. The summed E-state index contributed by atoms with van der Waals surface area (Å²) in [6.45, 7) is 4.85. The first-order valence-corrected chi connectivity index (χ1v) is 14.0. The molecule has 0 aliphatic rings. The summed E-state index contributed by atoms with van der Waals surface area (Å²) >= 11 is 0. The summed E-state index contributed by atoms with van der Waals surface area (Å²) < 4.78 is 39.1. The van der Waals surface area contributed by atoms with E-state index in [9.17, 15) is 18.0 Å². The molecule has 0 radical (unpaired) electrons. The Bertz CT molecular complexity index is 1360. The number of carbonyl (C=O) groups excluding carboxylic acids is 2. The van der Waals surface area contributed by atoms with Crippen LogP contribution in [0.15, 0.2) is 83.8 Å². The van der Waals surface area contributed by atoms with Gasteiger partial charge in [-0.1, -0.05) is 30.3 Å². The van der Waals surface area contributed by atoms with Crippen LogP contribution in [-0.4, -0.2) is 58.0 Å². The second-order valence-electron chi connectivity index (χ2n) is 9.24. The maximum Gasteiger partial charge on any atom is 0.264 e. The Morgan fingerprint density at radius 1 is 0.846 bits per heavy atom. The van der Waals surface area contributed by atoms with Crippen LogP contribution in [0, 0.1) is 0 Å². The highest BCUT2D eigenvalue weighted by Crippen LogP contribution is 2.26. The lowest BCUT2D eigenvalue weighted by atomic mass is 10.1. The van der Waals surface area contributed by atoms with Gasteiger partial charge in [0.1, 0.15) is 24.1 Å². The van der Waals surface area contributed by atoms with E-state index in [2.05, 4.69) is 5.32 Å². The van der Waals surface area contributed by atoms with Crippen LogP contribution in [0.1, 0.15) is 26.3 Å². The fraction of sp³-hybridized carbons (Fsp3) is 0.310. The number of methoxy groups -OCH3 is 2. The Hall–Kier alpha value is -4.05. The van der Waals surface area contributed by atoms with E-state index in [1.54, 1.807) is 74.7 Å². The lowest BCUT2D eigenvalue weighted by Crippen LogP contribution is -2.52. The number of benzene rings is 3. The molecular weight excluding hydrogens is 518 g/mol. The van der Waals surface area contributed by atoms with Crippen LogP contribution in [0.4, 0.5) is 5.69 Å². The minimum Gasteiger partial charge on any atom is -0.497 e. The minimum absolute atomic E-state index is 0.00454. The predicted octanol–water partition coefficient (Wildman–Crippen LogP) is 3.84. The van der Waals surface area contributed by atoms with E-state index in [0.29, 0.717) is 17.2 Å². The quantitative estimate of drug-likeness (QED) is 0.365. The molecule has 3 rings (SSSR count). The van der Waals surface area contributed by atoms with Crippen LogP contribution in [0.3, 0.4) is 0 Å². The van der Waals surface area contributed by atoms with Crippen molar-refractivity contribution >= 4 is 27.5 Å². The van der Waals surface area contributed by atoms with Crippen molar-refractivity contribution in [3.8, 4) is 11.5 Å². The molecule has 10 heteroatoms. The third kappa shape index (κ3) is 7.51. The van der Waals surface area contributed by atoms with Gasteiger partial charge in [-0.05, 0) is 74.9 Å². The van der Waals surface area contributed by atoms with Crippen LogP contribution < -0.4 is 19.1 Å². The number of anilines is 1.